The van der Waals surface area contributed by atoms with Crippen LogP contribution in [0.3, 0.4) is 0 Å². The number of benzene rings is 1. The second-order valence-electron chi connectivity index (χ2n) is 6.69. The molecular weight excluding hydrogens is 340 g/mol. The first-order chi connectivity index (χ1) is 12.3. The summed E-state index contributed by atoms with van der Waals surface area (Å²) in [6.45, 7) is 6.82. The van der Waals surface area contributed by atoms with Gasteiger partial charge in [0.1, 0.15) is 0 Å². The number of halogens is 1. The zero-order chi connectivity index (χ0) is 17.1. The van der Waals surface area contributed by atoms with Crippen molar-refractivity contribution in [1.82, 2.24) is 20.0 Å². The number of hydrogen-bond donors (Lipinski definition) is 0. The molecule has 0 saturated carbocycles. The lowest BCUT2D eigenvalue weighted by molar-refractivity contribution is 0.0472. The van der Waals surface area contributed by atoms with Crippen molar-refractivity contribution in [1.29, 1.82) is 0 Å². The van der Waals surface area contributed by atoms with Crippen LogP contribution in [0, 0.1) is 0 Å². The topological polar surface area (TPSA) is 54.6 Å². The Morgan fingerprint density at radius 3 is 2.64 bits per heavy atom. The van der Waals surface area contributed by atoms with E-state index in [1.807, 2.05) is 24.3 Å². The third-order valence-electron chi connectivity index (χ3n) is 4.88. The standard InChI is InChI=1S/C18H23ClN4O2/c19-16-6-2-1-5-15(16)18-21-20-17(25-18)13-23-9-7-22(8-10-23)12-14-4-3-11-24-14/h1-2,5-6,14H,3-4,7-13H2. The van der Waals surface area contributed by atoms with Gasteiger partial charge in [0.15, 0.2) is 0 Å². The summed E-state index contributed by atoms with van der Waals surface area (Å²) in [5.41, 5.74) is 0.782. The molecule has 1 unspecified atom stereocenters. The van der Waals surface area contributed by atoms with Gasteiger partial charge in [0.25, 0.3) is 0 Å². The van der Waals surface area contributed by atoms with E-state index in [1.54, 1.807) is 0 Å². The molecule has 2 aliphatic heterocycles. The van der Waals surface area contributed by atoms with Crippen LogP contribution in [0.2, 0.25) is 5.02 Å². The van der Waals surface area contributed by atoms with Crippen molar-refractivity contribution in [2.45, 2.75) is 25.5 Å². The summed E-state index contributed by atoms with van der Waals surface area (Å²) in [4.78, 5) is 4.85. The number of ether oxygens (including phenoxy) is 1. The molecule has 2 saturated heterocycles. The van der Waals surface area contributed by atoms with Crippen molar-refractivity contribution in [3.8, 4) is 11.5 Å². The molecule has 2 aromatic rings. The first-order valence-electron chi connectivity index (χ1n) is 8.91. The smallest absolute Gasteiger partial charge is 0.249 e. The molecule has 25 heavy (non-hydrogen) atoms. The van der Waals surface area contributed by atoms with Crippen LogP contribution in [-0.4, -0.2) is 65.4 Å². The molecule has 4 rings (SSSR count). The van der Waals surface area contributed by atoms with E-state index in [9.17, 15) is 0 Å². The summed E-state index contributed by atoms with van der Waals surface area (Å²) < 4.78 is 11.5. The predicted octanol–water partition coefficient (Wildman–Crippen LogP) is 2.69. The van der Waals surface area contributed by atoms with Crippen LogP contribution in [0.5, 0.6) is 0 Å². The number of rotatable bonds is 5. The van der Waals surface area contributed by atoms with Gasteiger partial charge in [-0.05, 0) is 25.0 Å². The molecule has 7 heteroatoms. The Balaban J connectivity index is 1.29. The van der Waals surface area contributed by atoms with Crippen molar-refractivity contribution in [3.63, 3.8) is 0 Å². The van der Waals surface area contributed by atoms with E-state index in [4.69, 9.17) is 20.8 Å². The molecule has 1 aromatic heterocycles. The minimum absolute atomic E-state index is 0.431. The summed E-state index contributed by atoms with van der Waals surface area (Å²) >= 11 is 6.19. The van der Waals surface area contributed by atoms with Crippen LogP contribution in [0.25, 0.3) is 11.5 Å². The Morgan fingerprint density at radius 2 is 1.88 bits per heavy atom. The minimum Gasteiger partial charge on any atom is -0.419 e. The molecule has 0 radical (unpaired) electrons. The van der Waals surface area contributed by atoms with Gasteiger partial charge < -0.3 is 9.15 Å². The third kappa shape index (κ3) is 4.20. The molecule has 2 aliphatic rings. The Kier molecular flexibility index (Phi) is 5.31. The third-order valence-corrected chi connectivity index (χ3v) is 5.21. The molecule has 2 fully saturated rings. The van der Waals surface area contributed by atoms with E-state index >= 15 is 0 Å². The molecule has 0 amide bonds. The number of nitrogens with zero attached hydrogens (tertiary/aromatic N) is 4. The first-order valence-corrected chi connectivity index (χ1v) is 9.29. The summed E-state index contributed by atoms with van der Waals surface area (Å²) in [6.07, 6.45) is 2.84. The highest BCUT2D eigenvalue weighted by Gasteiger charge is 2.23. The normalized spacial score (nSPS) is 22.5. The molecule has 134 valence electrons. The van der Waals surface area contributed by atoms with E-state index in [2.05, 4.69) is 20.0 Å². The number of aromatic nitrogens is 2. The molecule has 0 aliphatic carbocycles. The van der Waals surface area contributed by atoms with Crippen molar-refractivity contribution in [2.24, 2.45) is 0 Å². The molecule has 0 bridgehead atoms. The highest BCUT2D eigenvalue weighted by Crippen LogP contribution is 2.26. The maximum absolute atomic E-state index is 6.19. The zero-order valence-electron chi connectivity index (χ0n) is 14.2. The summed E-state index contributed by atoms with van der Waals surface area (Å²) in [6, 6.07) is 7.52. The fraction of sp³-hybridized carbons (Fsp3) is 0.556. The maximum atomic E-state index is 6.19. The van der Waals surface area contributed by atoms with E-state index < -0.39 is 0 Å². The maximum Gasteiger partial charge on any atom is 0.249 e. The Labute approximate surface area is 152 Å². The van der Waals surface area contributed by atoms with Crippen LogP contribution < -0.4 is 0 Å². The fourth-order valence-electron chi connectivity index (χ4n) is 3.46. The molecule has 1 aromatic carbocycles. The fourth-order valence-corrected chi connectivity index (χ4v) is 3.68. The lowest BCUT2D eigenvalue weighted by atomic mass is 10.2. The number of hydrogen-bond acceptors (Lipinski definition) is 6. The molecule has 1 atom stereocenters. The Bertz CT molecular complexity index is 694. The van der Waals surface area contributed by atoms with Crippen molar-refractivity contribution >= 4 is 11.6 Å². The van der Waals surface area contributed by atoms with Crippen molar-refractivity contribution in [3.05, 3.63) is 35.2 Å². The highest BCUT2D eigenvalue weighted by atomic mass is 35.5. The van der Waals surface area contributed by atoms with Gasteiger partial charge in [-0.2, -0.15) is 0 Å². The van der Waals surface area contributed by atoms with E-state index in [0.29, 0.717) is 29.5 Å². The van der Waals surface area contributed by atoms with Crippen LogP contribution in [0.4, 0.5) is 0 Å². The Hall–Kier alpha value is -1.47. The van der Waals surface area contributed by atoms with Gasteiger partial charge in [-0.25, -0.2) is 0 Å². The lowest BCUT2D eigenvalue weighted by Gasteiger charge is -2.34. The molecule has 6 nitrogen and oxygen atoms in total. The van der Waals surface area contributed by atoms with Crippen LogP contribution in [-0.2, 0) is 11.3 Å². The summed E-state index contributed by atoms with van der Waals surface area (Å²) in [7, 11) is 0. The zero-order valence-corrected chi connectivity index (χ0v) is 15.0. The van der Waals surface area contributed by atoms with E-state index in [1.165, 1.54) is 12.8 Å². The van der Waals surface area contributed by atoms with Crippen molar-refractivity contribution < 1.29 is 9.15 Å². The van der Waals surface area contributed by atoms with Crippen LogP contribution in [0.1, 0.15) is 18.7 Å². The van der Waals surface area contributed by atoms with Gasteiger partial charge in [-0.3, -0.25) is 9.80 Å². The monoisotopic (exact) mass is 362 g/mol. The Morgan fingerprint density at radius 1 is 1.08 bits per heavy atom. The molecule has 3 heterocycles. The van der Waals surface area contributed by atoms with Gasteiger partial charge >= 0.3 is 0 Å². The minimum atomic E-state index is 0.431. The quantitative estimate of drug-likeness (QED) is 0.815. The average Bonchev–Trinajstić information content (AvgIpc) is 3.29. The molecular formula is C18H23ClN4O2. The average molecular weight is 363 g/mol. The van der Waals surface area contributed by atoms with Crippen LogP contribution in [0.15, 0.2) is 28.7 Å². The van der Waals surface area contributed by atoms with Gasteiger partial charge in [-0.15, -0.1) is 10.2 Å². The summed E-state index contributed by atoms with van der Waals surface area (Å²) in [5, 5.41) is 8.95. The second-order valence-corrected chi connectivity index (χ2v) is 7.10. The van der Waals surface area contributed by atoms with Gasteiger partial charge in [-0.1, -0.05) is 23.7 Å². The second kappa shape index (κ2) is 7.83. The van der Waals surface area contributed by atoms with Crippen LogP contribution >= 0.6 is 11.6 Å². The van der Waals surface area contributed by atoms with E-state index in [0.717, 1.165) is 44.9 Å². The van der Waals surface area contributed by atoms with Gasteiger partial charge in [0.2, 0.25) is 11.8 Å². The first kappa shape index (κ1) is 17.0. The van der Waals surface area contributed by atoms with E-state index in [-0.39, 0.29) is 0 Å². The number of piperazine rings is 1. The SMILES string of the molecule is Clc1ccccc1-c1nnc(CN2CCN(CC3CCCO3)CC2)o1. The molecule has 0 N–H and O–H groups in total. The largest absolute Gasteiger partial charge is 0.419 e. The predicted molar refractivity (Wildman–Crippen MR) is 95.4 cm³/mol. The van der Waals surface area contributed by atoms with Gasteiger partial charge in [0.05, 0.1) is 23.2 Å². The summed E-state index contributed by atoms with van der Waals surface area (Å²) in [5.74, 6) is 1.13. The highest BCUT2D eigenvalue weighted by molar-refractivity contribution is 6.33. The lowest BCUT2D eigenvalue weighted by Crippen LogP contribution is -2.48. The van der Waals surface area contributed by atoms with Gasteiger partial charge in [0, 0.05) is 39.3 Å². The molecule has 0 spiro atoms. The van der Waals surface area contributed by atoms with Crippen molar-refractivity contribution in [2.75, 3.05) is 39.3 Å².